The van der Waals surface area contributed by atoms with Crippen LogP contribution in [0.1, 0.15) is 15.2 Å². The Balaban J connectivity index is 2.32. The molecular formula is C10H8N2O4S. The molecule has 2 aromatic heterocycles. The summed E-state index contributed by atoms with van der Waals surface area (Å²) in [6.45, 7) is 0.189. The lowest BCUT2D eigenvalue weighted by molar-refractivity contribution is -0.391. The van der Waals surface area contributed by atoms with Crippen molar-refractivity contribution in [2.45, 2.75) is 6.54 Å². The lowest BCUT2D eigenvalue weighted by atomic mass is 10.2. The maximum atomic E-state index is 10.9. The average molecular weight is 252 g/mol. The second-order valence-electron chi connectivity index (χ2n) is 3.33. The summed E-state index contributed by atoms with van der Waals surface area (Å²) in [4.78, 5) is 21.3. The van der Waals surface area contributed by atoms with E-state index in [1.807, 2.05) is 0 Å². The number of carboxylic acid groups (broad SMARTS) is 1. The standard InChI is InChI=1S/C10H8N2O4S/c13-10(14)9-7(3-5-17-9)6-11-4-1-2-8(11)12(15)16/h1-5H,6H2,(H,13,14). The average Bonchev–Trinajstić information content (AvgIpc) is 2.86. The Labute approximate surface area is 99.9 Å². The molecule has 1 N–H and O–H groups in total. The number of aromatic nitrogens is 1. The molecule has 88 valence electrons. The molecule has 0 aliphatic heterocycles. The molecule has 0 aromatic carbocycles. The monoisotopic (exact) mass is 252 g/mol. The topological polar surface area (TPSA) is 85.4 Å². The molecule has 2 aromatic rings. The molecular weight excluding hydrogens is 244 g/mol. The first-order chi connectivity index (χ1) is 8.09. The number of aromatic carboxylic acids is 1. The van der Waals surface area contributed by atoms with E-state index in [4.69, 9.17) is 5.11 Å². The van der Waals surface area contributed by atoms with E-state index in [0.29, 0.717) is 5.56 Å². The van der Waals surface area contributed by atoms with Crippen LogP contribution in [-0.4, -0.2) is 20.6 Å². The SMILES string of the molecule is O=C(O)c1sccc1Cn1cccc1[N+](=O)[O-]. The first kappa shape index (κ1) is 11.3. The van der Waals surface area contributed by atoms with Gasteiger partial charge in [-0.3, -0.25) is 0 Å². The van der Waals surface area contributed by atoms with E-state index >= 15 is 0 Å². The number of carbonyl (C=O) groups is 1. The van der Waals surface area contributed by atoms with Crippen LogP contribution in [0.25, 0.3) is 0 Å². The maximum absolute atomic E-state index is 10.9. The predicted octanol–water partition coefficient (Wildman–Crippen LogP) is 2.20. The van der Waals surface area contributed by atoms with Gasteiger partial charge in [0.05, 0.1) is 6.20 Å². The Morgan fingerprint density at radius 1 is 1.53 bits per heavy atom. The molecule has 0 saturated heterocycles. The largest absolute Gasteiger partial charge is 0.477 e. The summed E-state index contributed by atoms with van der Waals surface area (Å²) >= 11 is 1.11. The molecule has 17 heavy (non-hydrogen) atoms. The number of hydrogen-bond donors (Lipinski definition) is 1. The molecule has 0 unspecified atom stereocenters. The van der Waals surface area contributed by atoms with Crippen molar-refractivity contribution in [3.05, 3.63) is 50.3 Å². The summed E-state index contributed by atoms with van der Waals surface area (Å²) in [5.74, 6) is -1.06. The van der Waals surface area contributed by atoms with Crippen molar-refractivity contribution >= 4 is 23.1 Å². The number of carboxylic acids is 1. The third-order valence-electron chi connectivity index (χ3n) is 2.27. The van der Waals surface area contributed by atoms with Gasteiger partial charge in [0.25, 0.3) is 0 Å². The molecule has 0 fully saturated rings. The van der Waals surface area contributed by atoms with Gasteiger partial charge >= 0.3 is 11.8 Å². The van der Waals surface area contributed by atoms with Gasteiger partial charge in [0, 0.05) is 11.6 Å². The molecule has 0 spiro atoms. The minimum Gasteiger partial charge on any atom is -0.477 e. The van der Waals surface area contributed by atoms with Crippen LogP contribution in [0.4, 0.5) is 5.82 Å². The Kier molecular flexibility index (Phi) is 2.92. The van der Waals surface area contributed by atoms with Gasteiger partial charge in [-0.05, 0) is 22.4 Å². The van der Waals surface area contributed by atoms with Gasteiger partial charge < -0.3 is 15.2 Å². The van der Waals surface area contributed by atoms with Crippen LogP contribution in [0.5, 0.6) is 0 Å². The Morgan fingerprint density at radius 3 is 2.94 bits per heavy atom. The third-order valence-corrected chi connectivity index (χ3v) is 3.22. The van der Waals surface area contributed by atoms with Crippen molar-refractivity contribution < 1.29 is 14.8 Å². The van der Waals surface area contributed by atoms with Crippen LogP contribution in [0.15, 0.2) is 29.8 Å². The quantitative estimate of drug-likeness (QED) is 0.667. The van der Waals surface area contributed by atoms with Gasteiger partial charge in [-0.2, -0.15) is 0 Å². The number of nitro groups is 1. The van der Waals surface area contributed by atoms with E-state index in [2.05, 4.69) is 0 Å². The zero-order valence-corrected chi connectivity index (χ0v) is 9.38. The second kappa shape index (κ2) is 4.38. The maximum Gasteiger partial charge on any atom is 0.346 e. The third kappa shape index (κ3) is 2.18. The summed E-state index contributed by atoms with van der Waals surface area (Å²) in [6, 6.07) is 4.61. The highest BCUT2D eigenvalue weighted by atomic mass is 32.1. The molecule has 7 heteroatoms. The van der Waals surface area contributed by atoms with Gasteiger partial charge in [0.1, 0.15) is 11.4 Å². The molecule has 0 saturated carbocycles. The Morgan fingerprint density at radius 2 is 2.29 bits per heavy atom. The minimum atomic E-state index is -1.01. The molecule has 0 aliphatic rings. The number of rotatable bonds is 4. The van der Waals surface area contributed by atoms with Gasteiger partial charge in [-0.1, -0.05) is 0 Å². The summed E-state index contributed by atoms with van der Waals surface area (Å²) in [6.07, 6.45) is 1.56. The fourth-order valence-corrected chi connectivity index (χ4v) is 2.29. The van der Waals surface area contributed by atoms with E-state index in [1.54, 1.807) is 23.7 Å². The van der Waals surface area contributed by atoms with E-state index < -0.39 is 10.9 Å². The second-order valence-corrected chi connectivity index (χ2v) is 4.25. The van der Waals surface area contributed by atoms with Crippen LogP contribution in [0.2, 0.25) is 0 Å². The van der Waals surface area contributed by atoms with Crippen molar-refractivity contribution in [2.24, 2.45) is 0 Å². The summed E-state index contributed by atoms with van der Waals surface area (Å²) in [5, 5.41) is 21.3. The Bertz CT molecular complexity index is 522. The molecule has 2 heterocycles. The highest BCUT2D eigenvalue weighted by Gasteiger charge is 2.17. The lowest BCUT2D eigenvalue weighted by Gasteiger charge is -2.01. The molecule has 0 aliphatic carbocycles. The number of nitrogens with zero attached hydrogens (tertiary/aromatic N) is 2. The van der Waals surface area contributed by atoms with Gasteiger partial charge in [-0.25, -0.2) is 9.36 Å². The highest BCUT2D eigenvalue weighted by Crippen LogP contribution is 2.21. The summed E-state index contributed by atoms with van der Waals surface area (Å²) in [7, 11) is 0. The van der Waals surface area contributed by atoms with Crippen LogP contribution in [0.3, 0.4) is 0 Å². The molecule has 0 radical (unpaired) electrons. The van der Waals surface area contributed by atoms with E-state index in [0.717, 1.165) is 11.3 Å². The first-order valence-corrected chi connectivity index (χ1v) is 5.56. The summed E-state index contributed by atoms with van der Waals surface area (Å²) in [5.41, 5.74) is 0.571. The first-order valence-electron chi connectivity index (χ1n) is 4.69. The minimum absolute atomic E-state index is 0.0486. The molecule has 6 nitrogen and oxygen atoms in total. The van der Waals surface area contributed by atoms with E-state index in [-0.39, 0.29) is 17.2 Å². The zero-order valence-electron chi connectivity index (χ0n) is 8.57. The smallest absolute Gasteiger partial charge is 0.346 e. The number of hydrogen-bond acceptors (Lipinski definition) is 4. The van der Waals surface area contributed by atoms with Crippen molar-refractivity contribution in [2.75, 3.05) is 0 Å². The fraction of sp³-hybridized carbons (Fsp3) is 0.100. The van der Waals surface area contributed by atoms with Crippen LogP contribution >= 0.6 is 11.3 Å². The van der Waals surface area contributed by atoms with E-state index in [9.17, 15) is 14.9 Å². The van der Waals surface area contributed by atoms with Crippen LogP contribution in [-0.2, 0) is 6.54 Å². The van der Waals surface area contributed by atoms with E-state index in [1.165, 1.54) is 10.6 Å². The van der Waals surface area contributed by atoms with Crippen molar-refractivity contribution in [3.8, 4) is 0 Å². The lowest BCUT2D eigenvalue weighted by Crippen LogP contribution is -2.05. The molecule has 0 bridgehead atoms. The van der Waals surface area contributed by atoms with Crippen LogP contribution < -0.4 is 0 Å². The van der Waals surface area contributed by atoms with Crippen LogP contribution in [0, 0.1) is 10.1 Å². The van der Waals surface area contributed by atoms with Gasteiger partial charge in [0.15, 0.2) is 0 Å². The Hall–Kier alpha value is -2.15. The van der Waals surface area contributed by atoms with Crippen molar-refractivity contribution in [3.63, 3.8) is 0 Å². The molecule has 0 amide bonds. The summed E-state index contributed by atoms with van der Waals surface area (Å²) < 4.78 is 1.41. The zero-order chi connectivity index (χ0) is 12.4. The molecule has 2 rings (SSSR count). The predicted molar refractivity (Wildman–Crippen MR) is 61.5 cm³/mol. The van der Waals surface area contributed by atoms with Crippen molar-refractivity contribution in [1.82, 2.24) is 4.57 Å². The highest BCUT2D eigenvalue weighted by molar-refractivity contribution is 7.12. The fourth-order valence-electron chi connectivity index (χ4n) is 1.54. The van der Waals surface area contributed by atoms with Gasteiger partial charge in [-0.15, -0.1) is 11.3 Å². The molecule has 0 atom stereocenters. The normalized spacial score (nSPS) is 10.4. The number of thiophene rings is 1. The van der Waals surface area contributed by atoms with Gasteiger partial charge in [0.2, 0.25) is 0 Å². The van der Waals surface area contributed by atoms with Crippen molar-refractivity contribution in [1.29, 1.82) is 0 Å².